The molecule has 1 aliphatic heterocycles. The summed E-state index contributed by atoms with van der Waals surface area (Å²) in [6, 6.07) is 7.50. The summed E-state index contributed by atoms with van der Waals surface area (Å²) in [6.07, 6.45) is 0.522. The van der Waals surface area contributed by atoms with Gasteiger partial charge in [-0.2, -0.15) is 0 Å². The molecule has 1 saturated heterocycles. The van der Waals surface area contributed by atoms with Crippen LogP contribution >= 0.6 is 23.1 Å². The first-order valence-electron chi connectivity index (χ1n) is 7.69. The van der Waals surface area contributed by atoms with Gasteiger partial charge in [-0.25, -0.2) is 4.98 Å². The molecule has 24 heavy (non-hydrogen) atoms. The van der Waals surface area contributed by atoms with Crippen LogP contribution in [-0.2, 0) is 10.5 Å². The van der Waals surface area contributed by atoms with Crippen molar-refractivity contribution in [2.45, 2.75) is 24.0 Å². The number of hydrogen-bond acceptors (Lipinski definition) is 5. The minimum atomic E-state index is -0.827. The summed E-state index contributed by atoms with van der Waals surface area (Å²) < 4.78 is 0. The van der Waals surface area contributed by atoms with Crippen molar-refractivity contribution in [2.75, 3.05) is 13.1 Å². The molecule has 1 aliphatic rings. The summed E-state index contributed by atoms with van der Waals surface area (Å²) in [4.78, 5) is 30.8. The number of aryl methyl sites for hydroxylation is 1. The molecule has 1 fully saturated rings. The third kappa shape index (κ3) is 3.79. The van der Waals surface area contributed by atoms with Crippen molar-refractivity contribution >= 4 is 35.0 Å². The Balaban J connectivity index is 1.71. The van der Waals surface area contributed by atoms with Crippen molar-refractivity contribution in [2.24, 2.45) is 5.92 Å². The molecule has 3 rings (SSSR count). The summed E-state index contributed by atoms with van der Waals surface area (Å²) in [5, 5.41) is 12.2. The van der Waals surface area contributed by atoms with Crippen molar-refractivity contribution in [3.8, 4) is 0 Å². The Hall–Kier alpha value is -1.86. The lowest BCUT2D eigenvalue weighted by atomic mass is 10.1. The van der Waals surface area contributed by atoms with Gasteiger partial charge in [0.1, 0.15) is 0 Å². The molecule has 2 aromatic rings. The van der Waals surface area contributed by atoms with Gasteiger partial charge in [0.2, 0.25) is 0 Å². The number of hydrogen-bond donors (Lipinski definition) is 1. The molecule has 0 bridgehead atoms. The lowest BCUT2D eigenvalue weighted by Gasteiger charge is -2.17. The molecule has 1 aromatic carbocycles. The predicted molar refractivity (Wildman–Crippen MR) is 94.5 cm³/mol. The Morgan fingerprint density at radius 1 is 1.42 bits per heavy atom. The van der Waals surface area contributed by atoms with E-state index in [2.05, 4.69) is 4.98 Å². The topological polar surface area (TPSA) is 70.5 Å². The molecule has 7 heteroatoms. The maximum atomic E-state index is 12.8. The number of carbonyl (C=O) groups excluding carboxylic acids is 1. The number of aliphatic carboxylic acids is 1. The van der Waals surface area contributed by atoms with E-state index in [-0.39, 0.29) is 5.91 Å². The molecule has 0 aliphatic carbocycles. The van der Waals surface area contributed by atoms with Crippen LogP contribution in [0.3, 0.4) is 0 Å². The maximum absolute atomic E-state index is 12.8. The standard InChI is InChI=1S/C17H18N2O3S2/c1-11-18-13(9-23-11)10-24-15-5-3-2-4-14(15)16(20)19-7-6-12(8-19)17(21)22/h2-5,9,12H,6-8,10H2,1H3,(H,21,22). The molecule has 1 atom stereocenters. The van der Waals surface area contributed by atoms with Crippen LogP contribution in [-0.4, -0.2) is 40.0 Å². The number of carboxylic acids is 1. The van der Waals surface area contributed by atoms with E-state index < -0.39 is 11.9 Å². The molecule has 0 radical (unpaired) electrons. The molecular formula is C17H18N2O3S2. The minimum Gasteiger partial charge on any atom is -0.481 e. The number of thioether (sulfide) groups is 1. The molecule has 126 valence electrons. The second kappa shape index (κ2) is 7.36. The normalized spacial score (nSPS) is 17.2. The molecule has 0 saturated carbocycles. The number of carboxylic acid groups (broad SMARTS) is 1. The van der Waals surface area contributed by atoms with Gasteiger partial charge in [-0.1, -0.05) is 12.1 Å². The van der Waals surface area contributed by atoms with Crippen LogP contribution in [0.1, 0.15) is 27.5 Å². The second-order valence-electron chi connectivity index (χ2n) is 5.72. The molecule has 1 N–H and O–H groups in total. The highest BCUT2D eigenvalue weighted by Gasteiger charge is 2.31. The van der Waals surface area contributed by atoms with Crippen molar-refractivity contribution in [3.63, 3.8) is 0 Å². The van der Waals surface area contributed by atoms with E-state index in [1.54, 1.807) is 28.0 Å². The van der Waals surface area contributed by atoms with E-state index in [1.165, 1.54) is 0 Å². The third-order valence-electron chi connectivity index (χ3n) is 3.98. The Morgan fingerprint density at radius 2 is 2.21 bits per heavy atom. The number of benzene rings is 1. The zero-order chi connectivity index (χ0) is 17.1. The first-order chi connectivity index (χ1) is 11.5. The fourth-order valence-electron chi connectivity index (χ4n) is 2.71. The Morgan fingerprint density at radius 3 is 2.88 bits per heavy atom. The van der Waals surface area contributed by atoms with Crippen molar-refractivity contribution in [1.29, 1.82) is 0 Å². The Kier molecular flexibility index (Phi) is 5.20. The zero-order valence-electron chi connectivity index (χ0n) is 13.3. The molecule has 1 aromatic heterocycles. The summed E-state index contributed by atoms with van der Waals surface area (Å²) in [5.74, 6) is -0.651. The Labute approximate surface area is 148 Å². The number of amides is 1. The van der Waals surface area contributed by atoms with Gasteiger partial charge in [-0.05, 0) is 25.5 Å². The third-order valence-corrected chi connectivity index (χ3v) is 5.91. The van der Waals surface area contributed by atoms with Crippen LogP contribution in [0.25, 0.3) is 0 Å². The van der Waals surface area contributed by atoms with Crippen LogP contribution in [0, 0.1) is 12.8 Å². The van der Waals surface area contributed by atoms with E-state index in [1.807, 2.05) is 36.6 Å². The average molecular weight is 362 g/mol. The van der Waals surface area contributed by atoms with Gasteiger partial charge < -0.3 is 10.0 Å². The van der Waals surface area contributed by atoms with Gasteiger partial charge in [-0.3, -0.25) is 9.59 Å². The van der Waals surface area contributed by atoms with Crippen molar-refractivity contribution < 1.29 is 14.7 Å². The summed E-state index contributed by atoms with van der Waals surface area (Å²) >= 11 is 3.21. The highest BCUT2D eigenvalue weighted by molar-refractivity contribution is 7.98. The van der Waals surface area contributed by atoms with E-state index in [0.29, 0.717) is 30.8 Å². The largest absolute Gasteiger partial charge is 0.481 e. The van der Waals surface area contributed by atoms with Gasteiger partial charge in [0.15, 0.2) is 0 Å². The van der Waals surface area contributed by atoms with Crippen molar-refractivity contribution in [1.82, 2.24) is 9.88 Å². The average Bonchev–Trinajstić information content (AvgIpc) is 3.22. The number of aromatic nitrogens is 1. The molecular weight excluding hydrogens is 344 g/mol. The first kappa shape index (κ1) is 17.0. The molecule has 2 heterocycles. The summed E-state index contributed by atoms with van der Waals surface area (Å²) in [6.45, 7) is 2.76. The number of rotatable bonds is 5. The lowest BCUT2D eigenvalue weighted by molar-refractivity contribution is -0.141. The van der Waals surface area contributed by atoms with E-state index >= 15 is 0 Å². The van der Waals surface area contributed by atoms with Gasteiger partial charge in [0, 0.05) is 29.1 Å². The van der Waals surface area contributed by atoms with Gasteiger partial charge in [-0.15, -0.1) is 23.1 Å². The smallest absolute Gasteiger partial charge is 0.308 e. The second-order valence-corrected chi connectivity index (χ2v) is 7.80. The van der Waals surface area contributed by atoms with E-state index in [9.17, 15) is 9.59 Å². The van der Waals surface area contributed by atoms with E-state index in [4.69, 9.17) is 5.11 Å². The number of carbonyl (C=O) groups is 2. The predicted octanol–water partition coefficient (Wildman–Crippen LogP) is 3.29. The van der Waals surface area contributed by atoms with Crippen LogP contribution < -0.4 is 0 Å². The van der Waals surface area contributed by atoms with Crippen LogP contribution in [0.5, 0.6) is 0 Å². The molecule has 1 unspecified atom stereocenters. The fraction of sp³-hybridized carbons (Fsp3) is 0.353. The lowest BCUT2D eigenvalue weighted by Crippen LogP contribution is -2.30. The number of thiazole rings is 1. The number of likely N-dealkylation sites (tertiary alicyclic amines) is 1. The monoisotopic (exact) mass is 362 g/mol. The van der Waals surface area contributed by atoms with Crippen molar-refractivity contribution in [3.05, 3.63) is 45.9 Å². The van der Waals surface area contributed by atoms with Gasteiger partial charge in [0.05, 0.1) is 22.2 Å². The SMILES string of the molecule is Cc1nc(CSc2ccccc2C(=O)N2CCC(C(=O)O)C2)cs1. The van der Waals surface area contributed by atoms with Gasteiger partial charge >= 0.3 is 5.97 Å². The number of nitrogens with zero attached hydrogens (tertiary/aromatic N) is 2. The summed E-state index contributed by atoms with van der Waals surface area (Å²) in [7, 11) is 0. The minimum absolute atomic E-state index is 0.0868. The van der Waals surface area contributed by atoms with Crippen LogP contribution in [0.2, 0.25) is 0 Å². The van der Waals surface area contributed by atoms with E-state index in [0.717, 1.165) is 15.6 Å². The quantitative estimate of drug-likeness (QED) is 0.827. The first-order valence-corrected chi connectivity index (χ1v) is 9.56. The van der Waals surface area contributed by atoms with Gasteiger partial charge in [0.25, 0.3) is 5.91 Å². The van der Waals surface area contributed by atoms with Crippen LogP contribution in [0.15, 0.2) is 34.5 Å². The molecule has 5 nitrogen and oxygen atoms in total. The Bertz CT molecular complexity index is 760. The molecule has 1 amide bonds. The highest BCUT2D eigenvalue weighted by atomic mass is 32.2. The molecule has 0 spiro atoms. The summed E-state index contributed by atoms with van der Waals surface area (Å²) in [5.41, 5.74) is 1.65. The van der Waals surface area contributed by atoms with Crippen LogP contribution in [0.4, 0.5) is 0 Å². The fourth-order valence-corrected chi connectivity index (χ4v) is 4.37. The highest BCUT2D eigenvalue weighted by Crippen LogP contribution is 2.29. The maximum Gasteiger partial charge on any atom is 0.308 e. The zero-order valence-corrected chi connectivity index (χ0v) is 14.9.